The number of esters is 1. The summed E-state index contributed by atoms with van der Waals surface area (Å²) in [7, 11) is 0. The predicted octanol–water partition coefficient (Wildman–Crippen LogP) is 2.71. The number of piperidine rings is 1. The lowest BCUT2D eigenvalue weighted by Crippen LogP contribution is -2.43. The molecule has 0 atom stereocenters. The number of para-hydroxylation sites is 1. The van der Waals surface area contributed by atoms with Crippen molar-refractivity contribution in [1.82, 2.24) is 10.2 Å². The first-order valence-electron chi connectivity index (χ1n) is 11.0. The molecule has 0 bridgehead atoms. The van der Waals surface area contributed by atoms with Gasteiger partial charge in [0.15, 0.2) is 6.61 Å². The molecular formula is C23H31N3O6. The Morgan fingerprint density at radius 2 is 1.69 bits per heavy atom. The molecule has 0 aromatic heterocycles. The molecule has 1 aliphatic carbocycles. The van der Waals surface area contributed by atoms with E-state index in [-0.39, 0.29) is 17.9 Å². The minimum absolute atomic E-state index is 0.203. The second-order valence-electron chi connectivity index (χ2n) is 9.19. The van der Waals surface area contributed by atoms with Gasteiger partial charge < -0.3 is 25.0 Å². The van der Waals surface area contributed by atoms with Gasteiger partial charge in [-0.2, -0.15) is 0 Å². The summed E-state index contributed by atoms with van der Waals surface area (Å²) >= 11 is 0. The van der Waals surface area contributed by atoms with Crippen molar-refractivity contribution < 1.29 is 28.7 Å². The molecular weight excluding hydrogens is 414 g/mol. The number of ether oxygens (including phenoxy) is 2. The summed E-state index contributed by atoms with van der Waals surface area (Å²) in [5.74, 6) is -1.60. The highest BCUT2D eigenvalue weighted by Gasteiger charge is 2.31. The van der Waals surface area contributed by atoms with E-state index in [0.29, 0.717) is 37.2 Å². The zero-order valence-electron chi connectivity index (χ0n) is 18.8. The monoisotopic (exact) mass is 445 g/mol. The van der Waals surface area contributed by atoms with Crippen molar-refractivity contribution in [2.45, 2.75) is 58.1 Å². The standard InChI is InChI=1S/C23H31N3O6/c1-23(2,3)32-22(30)26-12-10-15(11-13-26)21(29)31-14-19(27)25-18-7-5-4-6-17(18)20(28)24-16-8-9-16/h4-7,15-16H,8-14H2,1-3H3,(H,24,28)(H,25,27). The fourth-order valence-corrected chi connectivity index (χ4v) is 3.35. The van der Waals surface area contributed by atoms with Gasteiger partial charge in [-0.05, 0) is 58.6 Å². The number of rotatable bonds is 6. The SMILES string of the molecule is CC(C)(C)OC(=O)N1CCC(C(=O)OCC(=O)Nc2ccccc2C(=O)NC2CC2)CC1. The van der Waals surface area contributed by atoms with Crippen molar-refractivity contribution >= 4 is 29.6 Å². The van der Waals surface area contributed by atoms with Gasteiger partial charge in [0.05, 0.1) is 17.2 Å². The predicted molar refractivity (Wildman–Crippen MR) is 117 cm³/mol. The van der Waals surface area contributed by atoms with Crippen LogP contribution in [0, 0.1) is 5.92 Å². The smallest absolute Gasteiger partial charge is 0.410 e. The number of nitrogens with zero attached hydrogens (tertiary/aromatic N) is 1. The number of hydrogen-bond donors (Lipinski definition) is 2. The summed E-state index contributed by atoms with van der Waals surface area (Å²) in [6.45, 7) is 5.76. The minimum atomic E-state index is -0.572. The second kappa shape index (κ2) is 10.0. The number of carbonyl (C=O) groups is 4. The van der Waals surface area contributed by atoms with E-state index in [1.165, 1.54) is 0 Å². The zero-order chi connectivity index (χ0) is 23.3. The fourth-order valence-electron chi connectivity index (χ4n) is 3.35. The number of amides is 3. The molecule has 2 N–H and O–H groups in total. The van der Waals surface area contributed by atoms with Gasteiger partial charge in [-0.15, -0.1) is 0 Å². The van der Waals surface area contributed by atoms with Crippen LogP contribution in [0.2, 0.25) is 0 Å². The van der Waals surface area contributed by atoms with Gasteiger partial charge in [0.2, 0.25) is 0 Å². The van der Waals surface area contributed by atoms with Crippen molar-refractivity contribution in [3.63, 3.8) is 0 Å². The second-order valence-corrected chi connectivity index (χ2v) is 9.19. The first-order chi connectivity index (χ1) is 15.1. The van der Waals surface area contributed by atoms with Crippen molar-refractivity contribution in [2.24, 2.45) is 5.92 Å². The summed E-state index contributed by atoms with van der Waals surface area (Å²) in [5, 5.41) is 5.53. The zero-order valence-corrected chi connectivity index (χ0v) is 18.8. The van der Waals surface area contributed by atoms with E-state index in [1.54, 1.807) is 49.9 Å². The Balaban J connectivity index is 1.43. The minimum Gasteiger partial charge on any atom is -0.455 e. The molecule has 0 radical (unpaired) electrons. The first kappa shape index (κ1) is 23.6. The molecule has 174 valence electrons. The molecule has 0 unspecified atom stereocenters. The number of likely N-dealkylation sites (tertiary alicyclic amines) is 1. The van der Waals surface area contributed by atoms with Crippen LogP contribution in [-0.2, 0) is 19.1 Å². The Hall–Kier alpha value is -3.10. The van der Waals surface area contributed by atoms with Gasteiger partial charge in [-0.25, -0.2) is 4.79 Å². The average molecular weight is 446 g/mol. The van der Waals surface area contributed by atoms with Gasteiger partial charge in [0.1, 0.15) is 5.60 Å². The Labute approximate surface area is 187 Å². The molecule has 1 saturated heterocycles. The van der Waals surface area contributed by atoms with E-state index in [2.05, 4.69) is 10.6 Å². The van der Waals surface area contributed by atoms with E-state index in [9.17, 15) is 19.2 Å². The summed E-state index contributed by atoms with van der Waals surface area (Å²) in [6, 6.07) is 6.91. The fraction of sp³-hybridized carbons (Fsp3) is 0.565. The lowest BCUT2D eigenvalue weighted by molar-refractivity contribution is -0.153. The number of nitrogens with one attached hydrogen (secondary N) is 2. The topological polar surface area (TPSA) is 114 Å². The molecule has 2 aliphatic rings. The highest BCUT2D eigenvalue weighted by molar-refractivity contribution is 6.04. The molecule has 2 fully saturated rings. The van der Waals surface area contributed by atoms with Crippen LogP contribution in [0.25, 0.3) is 0 Å². The van der Waals surface area contributed by atoms with Crippen molar-refractivity contribution in [3.8, 4) is 0 Å². The maximum Gasteiger partial charge on any atom is 0.410 e. The van der Waals surface area contributed by atoms with Crippen molar-refractivity contribution in [3.05, 3.63) is 29.8 Å². The Bertz CT molecular complexity index is 867. The average Bonchev–Trinajstić information content (AvgIpc) is 3.55. The highest BCUT2D eigenvalue weighted by Crippen LogP contribution is 2.22. The van der Waals surface area contributed by atoms with Gasteiger partial charge in [-0.3, -0.25) is 14.4 Å². The molecule has 9 heteroatoms. The highest BCUT2D eigenvalue weighted by atomic mass is 16.6. The summed E-state index contributed by atoms with van der Waals surface area (Å²) < 4.78 is 10.5. The molecule has 1 saturated carbocycles. The quantitative estimate of drug-likeness (QED) is 0.651. The summed E-state index contributed by atoms with van der Waals surface area (Å²) in [4.78, 5) is 50.7. The molecule has 3 rings (SSSR count). The third-order valence-electron chi connectivity index (χ3n) is 5.18. The Morgan fingerprint density at radius 3 is 2.31 bits per heavy atom. The molecule has 32 heavy (non-hydrogen) atoms. The normalized spacial score (nSPS) is 16.8. The maximum absolute atomic E-state index is 12.4. The molecule has 0 spiro atoms. The lowest BCUT2D eigenvalue weighted by Gasteiger charge is -2.32. The van der Waals surface area contributed by atoms with Crippen LogP contribution in [0.15, 0.2) is 24.3 Å². The van der Waals surface area contributed by atoms with E-state index in [4.69, 9.17) is 9.47 Å². The third-order valence-corrected chi connectivity index (χ3v) is 5.18. The number of anilines is 1. The van der Waals surface area contributed by atoms with E-state index in [1.807, 2.05) is 0 Å². The van der Waals surface area contributed by atoms with Crippen LogP contribution in [-0.4, -0.2) is 60.1 Å². The van der Waals surface area contributed by atoms with Gasteiger partial charge in [0.25, 0.3) is 11.8 Å². The molecule has 1 aliphatic heterocycles. The number of hydrogen-bond acceptors (Lipinski definition) is 6. The van der Waals surface area contributed by atoms with E-state index < -0.39 is 30.2 Å². The van der Waals surface area contributed by atoms with E-state index in [0.717, 1.165) is 12.8 Å². The molecule has 1 aromatic carbocycles. The van der Waals surface area contributed by atoms with Crippen LogP contribution >= 0.6 is 0 Å². The largest absolute Gasteiger partial charge is 0.455 e. The van der Waals surface area contributed by atoms with Crippen LogP contribution in [0.3, 0.4) is 0 Å². The van der Waals surface area contributed by atoms with E-state index >= 15 is 0 Å². The Kier molecular flexibility index (Phi) is 7.37. The summed E-state index contributed by atoms with van der Waals surface area (Å²) in [5.41, 5.74) is 0.170. The number of benzene rings is 1. The molecule has 3 amide bonds. The first-order valence-corrected chi connectivity index (χ1v) is 11.0. The third kappa shape index (κ3) is 6.96. The van der Waals surface area contributed by atoms with Crippen LogP contribution in [0.5, 0.6) is 0 Å². The molecule has 1 aromatic rings. The van der Waals surface area contributed by atoms with Crippen LogP contribution in [0.1, 0.15) is 56.8 Å². The van der Waals surface area contributed by atoms with Gasteiger partial charge in [0, 0.05) is 19.1 Å². The Morgan fingerprint density at radius 1 is 1.03 bits per heavy atom. The molecule has 1 heterocycles. The van der Waals surface area contributed by atoms with Gasteiger partial charge in [-0.1, -0.05) is 12.1 Å². The lowest BCUT2D eigenvalue weighted by atomic mass is 9.97. The van der Waals surface area contributed by atoms with Gasteiger partial charge >= 0.3 is 12.1 Å². The molecule has 9 nitrogen and oxygen atoms in total. The summed E-state index contributed by atoms with van der Waals surface area (Å²) in [6.07, 6.45) is 2.43. The van der Waals surface area contributed by atoms with Crippen LogP contribution in [0.4, 0.5) is 10.5 Å². The van der Waals surface area contributed by atoms with Crippen molar-refractivity contribution in [2.75, 3.05) is 25.0 Å². The maximum atomic E-state index is 12.4. The van der Waals surface area contributed by atoms with Crippen molar-refractivity contribution in [1.29, 1.82) is 0 Å². The van der Waals surface area contributed by atoms with Crippen LogP contribution < -0.4 is 10.6 Å². The number of carbonyl (C=O) groups excluding carboxylic acids is 4.